The predicted octanol–water partition coefficient (Wildman–Crippen LogP) is 5.74. The molecule has 6 heteroatoms. The molecule has 6 nitrogen and oxygen atoms in total. The summed E-state index contributed by atoms with van der Waals surface area (Å²) in [6, 6.07) is 15.4. The first-order valence-corrected chi connectivity index (χ1v) is 10.0. The van der Waals surface area contributed by atoms with E-state index in [9.17, 15) is 9.59 Å². The molecule has 32 heavy (non-hydrogen) atoms. The summed E-state index contributed by atoms with van der Waals surface area (Å²) in [4.78, 5) is 25.5. The summed E-state index contributed by atoms with van der Waals surface area (Å²) in [6.45, 7) is 5.73. The summed E-state index contributed by atoms with van der Waals surface area (Å²) in [5, 5.41) is 0.318. The van der Waals surface area contributed by atoms with E-state index in [0.29, 0.717) is 28.0 Å². The Hall–Kier alpha value is -4.06. The van der Waals surface area contributed by atoms with E-state index in [1.165, 1.54) is 12.3 Å². The monoisotopic (exact) mass is 430 g/mol. The lowest BCUT2D eigenvalue weighted by Crippen LogP contribution is -2.12. The van der Waals surface area contributed by atoms with Gasteiger partial charge in [-0.3, -0.25) is 4.79 Å². The molecule has 1 aromatic heterocycles. The minimum Gasteiger partial charge on any atom is -0.497 e. The van der Waals surface area contributed by atoms with Crippen molar-refractivity contribution >= 4 is 16.9 Å². The number of carbonyl (C=O) groups excluding carboxylic acids is 1. The Bertz CT molecular complexity index is 1340. The van der Waals surface area contributed by atoms with Crippen LogP contribution in [0.1, 0.15) is 27.0 Å². The van der Waals surface area contributed by atoms with Gasteiger partial charge in [-0.2, -0.15) is 0 Å². The van der Waals surface area contributed by atoms with Gasteiger partial charge in [0, 0.05) is 6.07 Å². The number of hydrogen-bond acceptors (Lipinski definition) is 6. The molecule has 0 aliphatic heterocycles. The van der Waals surface area contributed by atoms with E-state index in [4.69, 9.17) is 18.6 Å². The molecule has 0 unspecified atom stereocenters. The molecule has 4 aromatic rings. The van der Waals surface area contributed by atoms with Crippen molar-refractivity contribution in [1.29, 1.82) is 0 Å². The van der Waals surface area contributed by atoms with Crippen molar-refractivity contribution in [2.45, 2.75) is 20.8 Å². The first-order chi connectivity index (χ1) is 15.4. The summed E-state index contributed by atoms with van der Waals surface area (Å²) < 4.78 is 21.9. The van der Waals surface area contributed by atoms with Crippen LogP contribution in [0.3, 0.4) is 0 Å². The molecule has 0 spiro atoms. The van der Waals surface area contributed by atoms with Crippen molar-refractivity contribution in [3.05, 3.63) is 93.3 Å². The maximum absolute atomic E-state index is 12.8. The predicted molar refractivity (Wildman–Crippen MR) is 121 cm³/mol. The molecule has 0 saturated carbocycles. The van der Waals surface area contributed by atoms with Gasteiger partial charge >= 0.3 is 5.97 Å². The SMILES string of the molecule is COc1ccc(Oc2coc3cc(OC(=O)c4c(C)cc(C)cc4C)ccc3c2=O)cc1. The number of benzene rings is 3. The third kappa shape index (κ3) is 4.21. The molecular weight excluding hydrogens is 408 g/mol. The van der Waals surface area contributed by atoms with Crippen molar-refractivity contribution < 1.29 is 23.4 Å². The van der Waals surface area contributed by atoms with Gasteiger partial charge in [0.2, 0.25) is 11.2 Å². The number of esters is 1. The normalized spacial score (nSPS) is 10.8. The highest BCUT2D eigenvalue weighted by Gasteiger charge is 2.17. The number of hydrogen-bond donors (Lipinski definition) is 0. The average Bonchev–Trinajstić information content (AvgIpc) is 2.75. The Kier molecular flexibility index (Phi) is 5.69. The van der Waals surface area contributed by atoms with Crippen LogP contribution in [0.15, 0.2) is 70.1 Å². The second kappa shape index (κ2) is 8.59. The van der Waals surface area contributed by atoms with E-state index in [2.05, 4.69) is 0 Å². The van der Waals surface area contributed by atoms with Crippen molar-refractivity contribution in [2.24, 2.45) is 0 Å². The zero-order chi connectivity index (χ0) is 22.8. The molecule has 1 heterocycles. The smallest absolute Gasteiger partial charge is 0.344 e. The number of methoxy groups -OCH3 is 1. The third-order valence-corrected chi connectivity index (χ3v) is 5.09. The minimum atomic E-state index is -0.457. The van der Waals surface area contributed by atoms with Crippen LogP contribution in [0.5, 0.6) is 23.0 Å². The van der Waals surface area contributed by atoms with E-state index < -0.39 is 5.97 Å². The minimum absolute atomic E-state index is 0.0540. The highest BCUT2D eigenvalue weighted by atomic mass is 16.5. The number of aryl methyl sites for hydroxylation is 3. The lowest BCUT2D eigenvalue weighted by atomic mass is 10.00. The topological polar surface area (TPSA) is 75.0 Å². The molecule has 0 aliphatic rings. The van der Waals surface area contributed by atoms with Crippen LogP contribution in [0.2, 0.25) is 0 Å². The van der Waals surface area contributed by atoms with Crippen LogP contribution in [-0.2, 0) is 0 Å². The lowest BCUT2D eigenvalue weighted by molar-refractivity contribution is 0.0733. The van der Waals surface area contributed by atoms with E-state index in [1.54, 1.807) is 43.5 Å². The Balaban J connectivity index is 1.59. The number of carbonyl (C=O) groups is 1. The standard InChI is InChI=1S/C26H22O6/c1-15-11-16(2)24(17(3)12-15)26(28)32-20-9-10-21-22(13-20)30-14-23(25(21)27)31-19-7-5-18(29-4)6-8-19/h5-14H,1-4H3. The first-order valence-electron chi connectivity index (χ1n) is 10.0. The Morgan fingerprint density at radius 2 is 1.47 bits per heavy atom. The number of rotatable bonds is 5. The molecular formula is C26H22O6. The zero-order valence-electron chi connectivity index (χ0n) is 18.2. The molecule has 0 N–H and O–H groups in total. The van der Waals surface area contributed by atoms with Gasteiger partial charge in [0.25, 0.3) is 0 Å². The van der Waals surface area contributed by atoms with E-state index in [1.807, 2.05) is 32.9 Å². The van der Waals surface area contributed by atoms with E-state index in [-0.39, 0.29) is 16.9 Å². The second-order valence-corrected chi connectivity index (χ2v) is 7.53. The lowest BCUT2D eigenvalue weighted by Gasteiger charge is -2.11. The molecule has 4 rings (SSSR count). The summed E-state index contributed by atoms with van der Waals surface area (Å²) in [7, 11) is 1.57. The third-order valence-electron chi connectivity index (χ3n) is 5.09. The molecule has 0 radical (unpaired) electrons. The Labute approximate surface area is 185 Å². The van der Waals surface area contributed by atoms with Gasteiger partial charge in [0.15, 0.2) is 0 Å². The molecule has 0 saturated heterocycles. The highest BCUT2D eigenvalue weighted by Crippen LogP contribution is 2.26. The van der Waals surface area contributed by atoms with Crippen LogP contribution in [-0.4, -0.2) is 13.1 Å². The van der Waals surface area contributed by atoms with Crippen molar-refractivity contribution in [3.63, 3.8) is 0 Å². The molecule has 3 aromatic carbocycles. The van der Waals surface area contributed by atoms with Crippen LogP contribution in [0.4, 0.5) is 0 Å². The number of fused-ring (bicyclic) bond motifs is 1. The summed E-state index contributed by atoms with van der Waals surface area (Å²) >= 11 is 0. The van der Waals surface area contributed by atoms with E-state index in [0.717, 1.165) is 16.7 Å². The average molecular weight is 430 g/mol. The zero-order valence-corrected chi connectivity index (χ0v) is 18.2. The maximum Gasteiger partial charge on any atom is 0.344 e. The van der Waals surface area contributed by atoms with E-state index >= 15 is 0 Å². The quantitative estimate of drug-likeness (QED) is 0.297. The van der Waals surface area contributed by atoms with Gasteiger partial charge in [-0.15, -0.1) is 0 Å². The van der Waals surface area contributed by atoms with Gasteiger partial charge < -0.3 is 18.6 Å². The summed E-state index contributed by atoms with van der Waals surface area (Å²) in [5.41, 5.74) is 3.27. The molecule has 0 aliphatic carbocycles. The van der Waals surface area contributed by atoms with Gasteiger partial charge in [-0.05, 0) is 68.3 Å². The fraction of sp³-hybridized carbons (Fsp3) is 0.154. The van der Waals surface area contributed by atoms with Crippen LogP contribution >= 0.6 is 0 Å². The first kappa shape index (κ1) is 21.2. The van der Waals surface area contributed by atoms with Gasteiger partial charge in [0.05, 0.1) is 18.1 Å². The Morgan fingerprint density at radius 3 is 2.12 bits per heavy atom. The maximum atomic E-state index is 12.8. The van der Waals surface area contributed by atoms with Gasteiger partial charge in [-0.1, -0.05) is 17.7 Å². The highest BCUT2D eigenvalue weighted by molar-refractivity contribution is 5.94. The largest absolute Gasteiger partial charge is 0.497 e. The van der Waals surface area contributed by atoms with Crippen molar-refractivity contribution in [1.82, 2.24) is 0 Å². The number of ether oxygens (including phenoxy) is 3. The fourth-order valence-electron chi connectivity index (χ4n) is 3.66. The summed E-state index contributed by atoms with van der Waals surface area (Å²) in [6.07, 6.45) is 1.24. The molecule has 0 amide bonds. The van der Waals surface area contributed by atoms with Crippen LogP contribution in [0, 0.1) is 20.8 Å². The molecule has 0 bridgehead atoms. The van der Waals surface area contributed by atoms with Crippen LogP contribution in [0.25, 0.3) is 11.0 Å². The summed E-state index contributed by atoms with van der Waals surface area (Å²) in [5.74, 6) is 1.04. The van der Waals surface area contributed by atoms with Crippen LogP contribution < -0.4 is 19.6 Å². The van der Waals surface area contributed by atoms with Gasteiger partial charge in [-0.25, -0.2) is 4.79 Å². The fourth-order valence-corrected chi connectivity index (χ4v) is 3.66. The Morgan fingerprint density at radius 1 is 0.844 bits per heavy atom. The molecule has 0 fully saturated rings. The molecule has 162 valence electrons. The molecule has 0 atom stereocenters. The van der Waals surface area contributed by atoms with Gasteiger partial charge in [0.1, 0.15) is 29.1 Å². The van der Waals surface area contributed by atoms with Crippen molar-refractivity contribution in [3.8, 4) is 23.0 Å². The van der Waals surface area contributed by atoms with Crippen molar-refractivity contribution in [2.75, 3.05) is 7.11 Å². The second-order valence-electron chi connectivity index (χ2n) is 7.53.